The predicted molar refractivity (Wildman–Crippen MR) is 96.0 cm³/mol. The van der Waals surface area contributed by atoms with Gasteiger partial charge >= 0.3 is 0 Å². The highest BCUT2D eigenvalue weighted by Gasteiger charge is 2.38. The Morgan fingerprint density at radius 3 is 2.20 bits per heavy atom. The fourth-order valence-corrected chi connectivity index (χ4v) is 3.37. The topological polar surface area (TPSA) is 66.6 Å². The monoisotopic (exact) mass is 369 g/mol. The molecule has 1 fully saturated rings. The fourth-order valence-electron chi connectivity index (χ4n) is 3.21. The maximum atomic E-state index is 13.9. The first-order valence-electron chi connectivity index (χ1n) is 8.62. The maximum absolute atomic E-state index is 13.9. The maximum Gasteiger partial charge on any atom is 0.256 e. The first-order chi connectivity index (χ1) is 11.9. The molecule has 0 saturated carbocycles. The van der Waals surface area contributed by atoms with E-state index in [4.69, 9.17) is 17.3 Å². The zero-order chi connectivity index (χ0) is 18.6. The standard InChI is InChI=1S/C18H25ClFN3O2/c1-3-18(4-2,12-21)17(25)23-9-7-22(8-10-23)16(24)14-6-5-13(19)11-15(14)20/h5-6,11H,3-4,7-10,12,21H2,1-2H3. The van der Waals surface area contributed by atoms with E-state index in [1.54, 1.807) is 9.80 Å². The van der Waals surface area contributed by atoms with E-state index in [0.29, 0.717) is 45.6 Å². The summed E-state index contributed by atoms with van der Waals surface area (Å²) in [7, 11) is 0. The van der Waals surface area contributed by atoms with Crippen LogP contribution in [0.15, 0.2) is 18.2 Å². The van der Waals surface area contributed by atoms with Crippen LogP contribution in [0.4, 0.5) is 4.39 Å². The number of nitrogens with zero attached hydrogens (tertiary/aromatic N) is 2. The number of piperazine rings is 1. The van der Waals surface area contributed by atoms with Gasteiger partial charge in [0.05, 0.1) is 11.0 Å². The van der Waals surface area contributed by atoms with Gasteiger partial charge in [0.2, 0.25) is 5.91 Å². The molecule has 5 nitrogen and oxygen atoms in total. The van der Waals surface area contributed by atoms with E-state index in [-0.39, 0.29) is 22.4 Å². The normalized spacial score (nSPS) is 15.4. The van der Waals surface area contributed by atoms with Crippen LogP contribution in [0.25, 0.3) is 0 Å². The van der Waals surface area contributed by atoms with Gasteiger partial charge in [0, 0.05) is 37.7 Å². The van der Waals surface area contributed by atoms with E-state index in [9.17, 15) is 14.0 Å². The molecule has 1 aromatic carbocycles. The number of benzene rings is 1. The molecule has 25 heavy (non-hydrogen) atoms. The molecule has 1 aliphatic rings. The highest BCUT2D eigenvalue weighted by molar-refractivity contribution is 6.30. The highest BCUT2D eigenvalue weighted by Crippen LogP contribution is 2.28. The summed E-state index contributed by atoms with van der Waals surface area (Å²) in [6, 6.07) is 4.02. The molecule has 1 aromatic rings. The molecule has 0 radical (unpaired) electrons. The number of amides is 2. The Bertz CT molecular complexity index is 633. The molecule has 0 aromatic heterocycles. The second-order valence-electron chi connectivity index (χ2n) is 6.40. The van der Waals surface area contributed by atoms with Crippen LogP contribution in [-0.2, 0) is 4.79 Å². The van der Waals surface area contributed by atoms with Crippen LogP contribution in [0.2, 0.25) is 5.02 Å². The molecule has 0 spiro atoms. The molecule has 0 bridgehead atoms. The summed E-state index contributed by atoms with van der Waals surface area (Å²) in [6.07, 6.45) is 1.38. The van der Waals surface area contributed by atoms with Gasteiger partial charge in [-0.25, -0.2) is 4.39 Å². The Balaban J connectivity index is 2.04. The van der Waals surface area contributed by atoms with E-state index < -0.39 is 11.2 Å². The van der Waals surface area contributed by atoms with Crippen molar-refractivity contribution in [1.29, 1.82) is 0 Å². The minimum absolute atomic E-state index is 0.00241. The second kappa shape index (κ2) is 8.15. The zero-order valence-electron chi connectivity index (χ0n) is 14.7. The molecule has 2 rings (SSSR count). The molecule has 2 N–H and O–H groups in total. The van der Waals surface area contributed by atoms with Gasteiger partial charge in [-0.05, 0) is 31.0 Å². The van der Waals surface area contributed by atoms with Crippen molar-refractivity contribution in [2.24, 2.45) is 11.1 Å². The third-order valence-electron chi connectivity index (χ3n) is 5.21. The predicted octanol–water partition coefficient (Wildman–Crippen LogP) is 2.53. The lowest BCUT2D eigenvalue weighted by Crippen LogP contribution is -2.55. The Morgan fingerprint density at radius 2 is 1.72 bits per heavy atom. The molecule has 1 heterocycles. The van der Waals surface area contributed by atoms with Crippen molar-refractivity contribution >= 4 is 23.4 Å². The lowest BCUT2D eigenvalue weighted by molar-refractivity contribution is -0.143. The van der Waals surface area contributed by atoms with Gasteiger partial charge in [0.15, 0.2) is 0 Å². The molecule has 0 atom stereocenters. The van der Waals surface area contributed by atoms with Crippen molar-refractivity contribution in [3.8, 4) is 0 Å². The average Bonchev–Trinajstić information content (AvgIpc) is 2.63. The number of carbonyl (C=O) groups excluding carboxylic acids is 2. The van der Waals surface area contributed by atoms with Crippen molar-refractivity contribution in [1.82, 2.24) is 9.80 Å². The van der Waals surface area contributed by atoms with Gasteiger partial charge < -0.3 is 15.5 Å². The average molecular weight is 370 g/mol. The first kappa shape index (κ1) is 19.7. The van der Waals surface area contributed by atoms with Crippen molar-refractivity contribution in [3.63, 3.8) is 0 Å². The van der Waals surface area contributed by atoms with Gasteiger partial charge in [0.1, 0.15) is 5.82 Å². The Kier molecular flexibility index (Phi) is 6.41. The largest absolute Gasteiger partial charge is 0.339 e. The molecular formula is C18H25ClFN3O2. The second-order valence-corrected chi connectivity index (χ2v) is 6.84. The minimum atomic E-state index is -0.630. The number of halogens is 2. The van der Waals surface area contributed by atoms with Gasteiger partial charge in [0.25, 0.3) is 5.91 Å². The van der Waals surface area contributed by atoms with Crippen molar-refractivity contribution in [2.45, 2.75) is 26.7 Å². The van der Waals surface area contributed by atoms with E-state index in [1.165, 1.54) is 12.1 Å². The third kappa shape index (κ3) is 3.96. The summed E-state index contributed by atoms with van der Waals surface area (Å²) in [5, 5.41) is 0.252. The molecule has 0 unspecified atom stereocenters. The van der Waals surface area contributed by atoms with Crippen LogP contribution in [0, 0.1) is 11.2 Å². The molecule has 1 saturated heterocycles. The molecule has 138 valence electrons. The summed E-state index contributed by atoms with van der Waals surface area (Å²) in [6.45, 7) is 5.87. The van der Waals surface area contributed by atoms with Crippen molar-refractivity contribution in [2.75, 3.05) is 32.7 Å². The number of rotatable bonds is 5. The summed E-state index contributed by atoms with van der Waals surface area (Å²) in [4.78, 5) is 28.6. The Hall–Kier alpha value is -1.66. The van der Waals surface area contributed by atoms with E-state index in [1.807, 2.05) is 13.8 Å². The van der Waals surface area contributed by atoms with Crippen LogP contribution in [-0.4, -0.2) is 54.3 Å². The summed E-state index contributed by atoms with van der Waals surface area (Å²) < 4.78 is 13.9. The van der Waals surface area contributed by atoms with E-state index in [0.717, 1.165) is 6.07 Å². The van der Waals surface area contributed by atoms with Gasteiger partial charge in [-0.1, -0.05) is 25.4 Å². The Morgan fingerprint density at radius 1 is 1.16 bits per heavy atom. The van der Waals surface area contributed by atoms with Crippen LogP contribution in [0.1, 0.15) is 37.0 Å². The minimum Gasteiger partial charge on any atom is -0.339 e. The van der Waals surface area contributed by atoms with Gasteiger partial charge in [-0.15, -0.1) is 0 Å². The number of nitrogens with two attached hydrogens (primary N) is 1. The molecular weight excluding hydrogens is 345 g/mol. The van der Waals surface area contributed by atoms with Gasteiger partial charge in [-0.2, -0.15) is 0 Å². The van der Waals surface area contributed by atoms with Crippen molar-refractivity contribution < 1.29 is 14.0 Å². The van der Waals surface area contributed by atoms with Gasteiger partial charge in [-0.3, -0.25) is 9.59 Å². The molecule has 7 heteroatoms. The zero-order valence-corrected chi connectivity index (χ0v) is 15.5. The number of carbonyl (C=O) groups is 2. The smallest absolute Gasteiger partial charge is 0.256 e. The molecule has 2 amide bonds. The third-order valence-corrected chi connectivity index (χ3v) is 5.45. The molecule has 1 aliphatic heterocycles. The first-order valence-corrected chi connectivity index (χ1v) is 9.00. The van der Waals surface area contributed by atoms with Crippen LogP contribution in [0.5, 0.6) is 0 Å². The van der Waals surface area contributed by atoms with Crippen LogP contribution in [0.3, 0.4) is 0 Å². The lowest BCUT2D eigenvalue weighted by atomic mass is 9.81. The summed E-state index contributed by atoms with van der Waals surface area (Å²) >= 11 is 5.73. The number of hydrogen-bond acceptors (Lipinski definition) is 3. The SMILES string of the molecule is CCC(CC)(CN)C(=O)N1CCN(C(=O)c2ccc(Cl)cc2F)CC1. The van der Waals surface area contributed by atoms with Crippen LogP contribution >= 0.6 is 11.6 Å². The molecule has 0 aliphatic carbocycles. The fraction of sp³-hybridized carbons (Fsp3) is 0.556. The lowest BCUT2D eigenvalue weighted by Gasteiger charge is -2.40. The van der Waals surface area contributed by atoms with Crippen molar-refractivity contribution in [3.05, 3.63) is 34.6 Å². The summed E-state index contributed by atoms with van der Waals surface area (Å²) in [5.41, 5.74) is 5.32. The van der Waals surface area contributed by atoms with E-state index in [2.05, 4.69) is 0 Å². The summed E-state index contributed by atoms with van der Waals surface area (Å²) in [5.74, 6) is -0.961. The Labute approximate surface area is 152 Å². The quantitative estimate of drug-likeness (QED) is 0.867. The van der Waals surface area contributed by atoms with Crippen LogP contribution < -0.4 is 5.73 Å². The number of hydrogen-bond donors (Lipinski definition) is 1. The van der Waals surface area contributed by atoms with E-state index >= 15 is 0 Å². The highest BCUT2D eigenvalue weighted by atomic mass is 35.5.